The van der Waals surface area contributed by atoms with Crippen LogP contribution >= 0.6 is 0 Å². The van der Waals surface area contributed by atoms with E-state index in [1.165, 1.54) is 0 Å². The Hall–Kier alpha value is -3.35. The number of nitrogens with zero attached hydrogens (tertiary/aromatic N) is 1. The Morgan fingerprint density at radius 1 is 0.900 bits per heavy atom. The molecular weight excluding hydrogens is 502 g/mol. The van der Waals surface area contributed by atoms with E-state index in [0.29, 0.717) is 12.2 Å². The summed E-state index contributed by atoms with van der Waals surface area (Å²) < 4.78 is 5.48. The maximum atomic E-state index is 14.4. The Balaban J connectivity index is 2.59. The van der Waals surface area contributed by atoms with Crippen LogP contribution in [0.2, 0.25) is 0 Å². The summed E-state index contributed by atoms with van der Waals surface area (Å²) in [5, 5.41) is 5.89. The fourth-order valence-corrected chi connectivity index (χ4v) is 4.64. The molecule has 2 unspecified atom stereocenters. The van der Waals surface area contributed by atoms with Gasteiger partial charge in [-0.3, -0.25) is 9.59 Å². The van der Waals surface area contributed by atoms with Gasteiger partial charge in [-0.05, 0) is 82.2 Å². The normalized spacial score (nSPS) is 12.9. The van der Waals surface area contributed by atoms with Crippen molar-refractivity contribution >= 4 is 23.6 Å². The van der Waals surface area contributed by atoms with Gasteiger partial charge in [0.25, 0.3) is 5.91 Å². The second-order valence-corrected chi connectivity index (χ2v) is 12.0. The van der Waals surface area contributed by atoms with Gasteiger partial charge in [-0.1, -0.05) is 76.4 Å². The van der Waals surface area contributed by atoms with Gasteiger partial charge in [-0.15, -0.1) is 0 Å². The maximum Gasteiger partial charge on any atom is 0.408 e. The highest BCUT2D eigenvalue weighted by Gasteiger charge is 2.38. The first-order valence-corrected chi connectivity index (χ1v) is 14.5. The quantitative estimate of drug-likeness (QED) is 0.272. The molecule has 220 valence electrons. The third-order valence-electron chi connectivity index (χ3n) is 7.04. The van der Waals surface area contributed by atoms with Crippen molar-refractivity contribution in [2.24, 2.45) is 5.92 Å². The number of benzene rings is 2. The van der Waals surface area contributed by atoms with Crippen molar-refractivity contribution < 1.29 is 19.1 Å². The SMILES string of the molecule is CCCCCCN(C(=O)C(NC(=O)OC(C)(C)C)C(C)C)C(C(=O)Nc1ccccc1C)c1cccc(C)c1C. The molecule has 0 saturated carbocycles. The van der Waals surface area contributed by atoms with E-state index in [4.69, 9.17) is 4.74 Å². The molecule has 0 heterocycles. The van der Waals surface area contributed by atoms with E-state index in [1.807, 2.05) is 77.1 Å². The molecular formula is C33H49N3O4. The number of hydrogen-bond donors (Lipinski definition) is 2. The van der Waals surface area contributed by atoms with Crippen molar-refractivity contribution in [1.29, 1.82) is 0 Å². The number of carbonyl (C=O) groups excluding carboxylic acids is 3. The monoisotopic (exact) mass is 551 g/mol. The van der Waals surface area contributed by atoms with Gasteiger partial charge >= 0.3 is 6.09 Å². The van der Waals surface area contributed by atoms with Crippen LogP contribution in [0, 0.1) is 26.7 Å². The molecule has 0 aliphatic carbocycles. The minimum absolute atomic E-state index is 0.225. The Morgan fingerprint density at radius 3 is 2.15 bits per heavy atom. The van der Waals surface area contributed by atoms with Gasteiger partial charge in [0.2, 0.25) is 5.91 Å². The van der Waals surface area contributed by atoms with Crippen LogP contribution in [-0.2, 0) is 14.3 Å². The van der Waals surface area contributed by atoms with Gasteiger partial charge in [0, 0.05) is 12.2 Å². The first kappa shape index (κ1) is 32.9. The molecule has 0 aliphatic rings. The van der Waals surface area contributed by atoms with Crippen LogP contribution in [0.4, 0.5) is 10.5 Å². The summed E-state index contributed by atoms with van der Waals surface area (Å²) >= 11 is 0. The molecule has 7 nitrogen and oxygen atoms in total. The number of rotatable bonds is 12. The molecule has 0 aromatic heterocycles. The first-order valence-electron chi connectivity index (χ1n) is 14.5. The zero-order valence-electron chi connectivity index (χ0n) is 25.9. The van der Waals surface area contributed by atoms with E-state index in [-0.39, 0.29) is 17.7 Å². The van der Waals surface area contributed by atoms with E-state index in [2.05, 4.69) is 17.6 Å². The number of amides is 3. The van der Waals surface area contributed by atoms with Gasteiger partial charge in [-0.25, -0.2) is 4.79 Å². The predicted molar refractivity (Wildman–Crippen MR) is 162 cm³/mol. The van der Waals surface area contributed by atoms with Crippen LogP contribution in [0.3, 0.4) is 0 Å². The Bertz CT molecular complexity index is 1150. The van der Waals surface area contributed by atoms with Crippen molar-refractivity contribution in [3.05, 3.63) is 64.7 Å². The Labute approximate surface area is 241 Å². The summed E-state index contributed by atoms with van der Waals surface area (Å²) in [5.74, 6) is -0.813. The second kappa shape index (κ2) is 14.9. The molecule has 3 amide bonds. The molecule has 0 fully saturated rings. The highest BCUT2D eigenvalue weighted by molar-refractivity contribution is 5.99. The highest BCUT2D eigenvalue weighted by atomic mass is 16.6. The fourth-order valence-electron chi connectivity index (χ4n) is 4.64. The summed E-state index contributed by atoms with van der Waals surface area (Å²) in [6.07, 6.45) is 3.12. The molecule has 2 N–H and O–H groups in total. The van der Waals surface area contributed by atoms with Crippen molar-refractivity contribution in [2.75, 3.05) is 11.9 Å². The largest absolute Gasteiger partial charge is 0.444 e. The Morgan fingerprint density at radius 2 is 1.55 bits per heavy atom. The minimum atomic E-state index is -0.879. The van der Waals surface area contributed by atoms with Crippen LogP contribution in [0.1, 0.15) is 95.5 Å². The average molecular weight is 552 g/mol. The van der Waals surface area contributed by atoms with Crippen molar-refractivity contribution in [3.63, 3.8) is 0 Å². The molecule has 2 aromatic rings. The molecule has 0 bridgehead atoms. The number of alkyl carbamates (subject to hydrolysis) is 1. The van der Waals surface area contributed by atoms with E-state index in [1.54, 1.807) is 25.7 Å². The van der Waals surface area contributed by atoms with E-state index in [9.17, 15) is 14.4 Å². The molecule has 0 saturated heterocycles. The number of para-hydroxylation sites is 1. The lowest BCUT2D eigenvalue weighted by Gasteiger charge is -2.36. The number of unbranched alkanes of at least 4 members (excludes halogenated alkanes) is 3. The third-order valence-corrected chi connectivity index (χ3v) is 7.04. The van der Waals surface area contributed by atoms with Crippen molar-refractivity contribution in [1.82, 2.24) is 10.2 Å². The minimum Gasteiger partial charge on any atom is -0.444 e. The van der Waals surface area contributed by atoms with E-state index < -0.39 is 23.8 Å². The number of carbonyl (C=O) groups is 3. The van der Waals surface area contributed by atoms with Gasteiger partial charge in [-0.2, -0.15) is 0 Å². The molecule has 40 heavy (non-hydrogen) atoms. The number of nitrogens with one attached hydrogen (secondary N) is 2. The van der Waals surface area contributed by atoms with Crippen molar-refractivity contribution in [2.45, 2.75) is 106 Å². The zero-order chi connectivity index (χ0) is 30.0. The standard InChI is InChI=1S/C33H49N3O4/c1-10-11-12-15-21-36(31(38)28(22(2)3)35-32(39)40-33(7,8)9)29(26-19-16-18-23(4)25(26)6)30(37)34-27-20-14-13-17-24(27)5/h13-14,16-20,22,28-29H,10-12,15,21H2,1-9H3,(H,34,37)(H,35,39). The highest BCUT2D eigenvalue weighted by Crippen LogP contribution is 2.30. The lowest BCUT2D eigenvalue weighted by molar-refractivity contribution is -0.141. The average Bonchev–Trinajstić information content (AvgIpc) is 2.86. The van der Waals surface area contributed by atoms with Crippen LogP contribution < -0.4 is 10.6 Å². The molecule has 0 radical (unpaired) electrons. The predicted octanol–water partition coefficient (Wildman–Crippen LogP) is 7.25. The third kappa shape index (κ3) is 9.39. The number of hydrogen-bond acceptors (Lipinski definition) is 4. The first-order chi connectivity index (χ1) is 18.8. The molecule has 2 aromatic carbocycles. The lowest BCUT2D eigenvalue weighted by atomic mass is 9.93. The zero-order valence-corrected chi connectivity index (χ0v) is 25.9. The summed E-state index contributed by atoms with van der Waals surface area (Å²) in [7, 11) is 0. The summed E-state index contributed by atoms with van der Waals surface area (Å²) in [6, 6.07) is 11.7. The van der Waals surface area contributed by atoms with Crippen LogP contribution in [0.25, 0.3) is 0 Å². The van der Waals surface area contributed by atoms with Gasteiger partial charge in [0.1, 0.15) is 17.7 Å². The van der Waals surface area contributed by atoms with Gasteiger partial charge in [0.05, 0.1) is 0 Å². The second-order valence-electron chi connectivity index (χ2n) is 12.0. The summed E-state index contributed by atoms with van der Waals surface area (Å²) in [4.78, 5) is 42.9. The fraction of sp³-hybridized carbons (Fsp3) is 0.545. The molecule has 7 heteroatoms. The number of aryl methyl sites for hydroxylation is 2. The van der Waals surface area contributed by atoms with E-state index >= 15 is 0 Å². The Kier molecular flexibility index (Phi) is 12.2. The topological polar surface area (TPSA) is 87.7 Å². The molecule has 2 rings (SSSR count). The molecule has 2 atom stereocenters. The van der Waals surface area contributed by atoms with Crippen LogP contribution in [-0.4, -0.2) is 41.0 Å². The van der Waals surface area contributed by atoms with Crippen LogP contribution in [0.5, 0.6) is 0 Å². The smallest absolute Gasteiger partial charge is 0.408 e. The lowest BCUT2D eigenvalue weighted by Crippen LogP contribution is -2.54. The number of ether oxygens (including phenoxy) is 1. The van der Waals surface area contributed by atoms with Gasteiger partial charge in [0.15, 0.2) is 0 Å². The molecule has 0 aliphatic heterocycles. The van der Waals surface area contributed by atoms with Crippen molar-refractivity contribution in [3.8, 4) is 0 Å². The van der Waals surface area contributed by atoms with E-state index in [0.717, 1.165) is 47.9 Å². The summed E-state index contributed by atoms with van der Waals surface area (Å²) in [5.41, 5.74) is 3.70. The molecule has 0 spiro atoms. The van der Waals surface area contributed by atoms with Crippen LogP contribution in [0.15, 0.2) is 42.5 Å². The summed E-state index contributed by atoms with van der Waals surface area (Å²) in [6.45, 7) is 17.6. The number of anilines is 1. The van der Waals surface area contributed by atoms with Gasteiger partial charge < -0.3 is 20.3 Å². The maximum absolute atomic E-state index is 14.4.